The fourth-order valence-corrected chi connectivity index (χ4v) is 2.90. The van der Waals surface area contributed by atoms with Crippen LogP contribution in [0.1, 0.15) is 5.56 Å². The van der Waals surface area contributed by atoms with Crippen molar-refractivity contribution in [3.63, 3.8) is 0 Å². The van der Waals surface area contributed by atoms with Crippen molar-refractivity contribution in [1.29, 1.82) is 0 Å². The third-order valence-electron chi connectivity index (χ3n) is 4.29. The van der Waals surface area contributed by atoms with Crippen molar-refractivity contribution >= 4 is 22.5 Å². The average molecular weight is 370 g/mol. The van der Waals surface area contributed by atoms with E-state index in [1.807, 2.05) is 24.4 Å². The summed E-state index contributed by atoms with van der Waals surface area (Å²) in [5.74, 6) is 1.70. The molecule has 0 saturated carbocycles. The smallest absolute Gasteiger partial charge is 0.195 e. The molecule has 142 valence electrons. The first kappa shape index (κ1) is 18.6. The Morgan fingerprint density at radius 1 is 1.11 bits per heavy atom. The minimum atomic E-state index is -0.234. The maximum absolute atomic E-state index is 13.5. The lowest BCUT2D eigenvalue weighted by atomic mass is 10.1. The number of methoxy groups -OCH3 is 2. The normalized spacial score (nSPS) is 11.5. The summed E-state index contributed by atoms with van der Waals surface area (Å²) in [6.45, 7) is 0.649. The van der Waals surface area contributed by atoms with E-state index in [4.69, 9.17) is 9.47 Å². The molecule has 0 unspecified atom stereocenters. The number of hydrogen-bond acceptors (Lipinski definition) is 3. The summed E-state index contributed by atoms with van der Waals surface area (Å²) in [4.78, 5) is 7.40. The number of hydrogen-bond donors (Lipinski definition) is 3. The van der Waals surface area contributed by atoms with Gasteiger partial charge in [0.1, 0.15) is 5.82 Å². The number of halogens is 1. The minimum Gasteiger partial charge on any atom is -0.493 e. The first-order valence-corrected chi connectivity index (χ1v) is 8.60. The second kappa shape index (κ2) is 8.44. The molecule has 27 heavy (non-hydrogen) atoms. The molecule has 0 saturated heterocycles. The van der Waals surface area contributed by atoms with Gasteiger partial charge < -0.3 is 25.1 Å². The molecule has 3 rings (SSSR count). The molecule has 1 aromatic heterocycles. The summed E-state index contributed by atoms with van der Waals surface area (Å²) in [7, 11) is 4.90. The Morgan fingerprint density at radius 3 is 2.67 bits per heavy atom. The maximum atomic E-state index is 13.5. The number of guanidine groups is 1. The summed E-state index contributed by atoms with van der Waals surface area (Å²) < 4.78 is 24.0. The zero-order valence-electron chi connectivity index (χ0n) is 15.6. The van der Waals surface area contributed by atoms with E-state index in [1.54, 1.807) is 33.4 Å². The number of nitrogens with zero attached hydrogens (tertiary/aromatic N) is 1. The van der Waals surface area contributed by atoms with Crippen LogP contribution >= 0.6 is 0 Å². The quantitative estimate of drug-likeness (QED) is 0.458. The van der Waals surface area contributed by atoms with Crippen molar-refractivity contribution < 1.29 is 13.9 Å². The van der Waals surface area contributed by atoms with E-state index in [0.29, 0.717) is 24.0 Å². The molecule has 1 heterocycles. The second-order valence-corrected chi connectivity index (χ2v) is 5.95. The van der Waals surface area contributed by atoms with Crippen LogP contribution in [0, 0.1) is 5.82 Å². The summed E-state index contributed by atoms with van der Waals surface area (Å²) in [5, 5.41) is 7.38. The van der Waals surface area contributed by atoms with Crippen LogP contribution in [0.2, 0.25) is 0 Å². The number of fused-ring (bicyclic) bond motifs is 1. The van der Waals surface area contributed by atoms with Crippen LogP contribution in [0.5, 0.6) is 11.5 Å². The van der Waals surface area contributed by atoms with Crippen LogP contribution in [0.3, 0.4) is 0 Å². The monoisotopic (exact) mass is 370 g/mol. The van der Waals surface area contributed by atoms with Gasteiger partial charge in [0, 0.05) is 42.4 Å². The van der Waals surface area contributed by atoms with Crippen LogP contribution < -0.4 is 20.1 Å². The van der Waals surface area contributed by atoms with Gasteiger partial charge in [-0.2, -0.15) is 0 Å². The summed E-state index contributed by atoms with van der Waals surface area (Å²) >= 11 is 0. The van der Waals surface area contributed by atoms with Gasteiger partial charge in [-0.05, 0) is 42.3 Å². The molecular formula is C20H23FN4O2. The number of aliphatic imine (C=N–C) groups is 1. The number of benzene rings is 2. The highest BCUT2D eigenvalue weighted by Gasteiger charge is 2.08. The van der Waals surface area contributed by atoms with Gasteiger partial charge in [0.25, 0.3) is 0 Å². The molecule has 7 heteroatoms. The zero-order valence-corrected chi connectivity index (χ0v) is 15.6. The van der Waals surface area contributed by atoms with Gasteiger partial charge in [0.05, 0.1) is 14.2 Å². The first-order valence-electron chi connectivity index (χ1n) is 8.60. The Morgan fingerprint density at radius 2 is 1.93 bits per heavy atom. The third-order valence-corrected chi connectivity index (χ3v) is 4.29. The maximum Gasteiger partial charge on any atom is 0.195 e. The van der Waals surface area contributed by atoms with E-state index < -0.39 is 0 Å². The van der Waals surface area contributed by atoms with Crippen LogP contribution in [-0.4, -0.2) is 38.8 Å². The van der Waals surface area contributed by atoms with Gasteiger partial charge in [0.15, 0.2) is 17.5 Å². The van der Waals surface area contributed by atoms with E-state index in [2.05, 4.69) is 20.6 Å². The average Bonchev–Trinajstić information content (AvgIpc) is 3.09. The SMILES string of the molecule is CN=C(NCCc1c[nH]c2ccc(F)cc12)Nc1ccc(OC)c(OC)c1. The van der Waals surface area contributed by atoms with E-state index in [-0.39, 0.29) is 5.82 Å². The lowest BCUT2D eigenvalue weighted by molar-refractivity contribution is 0.355. The Balaban J connectivity index is 1.61. The van der Waals surface area contributed by atoms with Crippen molar-refractivity contribution in [3.05, 3.63) is 54.0 Å². The van der Waals surface area contributed by atoms with Crippen molar-refractivity contribution in [2.24, 2.45) is 4.99 Å². The number of H-pyrrole nitrogens is 1. The Hall–Kier alpha value is -3.22. The van der Waals surface area contributed by atoms with Gasteiger partial charge in [-0.15, -0.1) is 0 Å². The lowest BCUT2D eigenvalue weighted by Crippen LogP contribution is -2.32. The Labute approximate surface area is 157 Å². The van der Waals surface area contributed by atoms with E-state index in [9.17, 15) is 4.39 Å². The van der Waals surface area contributed by atoms with Crippen molar-refractivity contribution in [2.45, 2.75) is 6.42 Å². The highest BCUT2D eigenvalue weighted by Crippen LogP contribution is 2.29. The third kappa shape index (κ3) is 4.31. The van der Waals surface area contributed by atoms with Crippen LogP contribution in [0.15, 0.2) is 47.6 Å². The van der Waals surface area contributed by atoms with E-state index in [1.165, 1.54) is 6.07 Å². The van der Waals surface area contributed by atoms with Crippen LogP contribution in [0.4, 0.5) is 10.1 Å². The fraction of sp³-hybridized carbons (Fsp3) is 0.250. The highest BCUT2D eigenvalue weighted by atomic mass is 19.1. The predicted octanol–water partition coefficient (Wildman–Crippen LogP) is 3.55. The summed E-state index contributed by atoms with van der Waals surface area (Å²) in [6, 6.07) is 10.3. The van der Waals surface area contributed by atoms with Crippen LogP contribution in [0.25, 0.3) is 10.9 Å². The molecule has 0 aliphatic heterocycles. The standard InChI is InChI=1S/C20H23FN4O2/c1-22-20(25-15-5-7-18(26-2)19(11-15)27-3)23-9-8-13-12-24-17-6-4-14(21)10-16(13)17/h4-7,10-12,24H,8-9H2,1-3H3,(H2,22,23,25). The molecule has 0 aliphatic carbocycles. The van der Waals surface area contributed by atoms with Crippen LogP contribution in [-0.2, 0) is 6.42 Å². The molecule has 0 atom stereocenters. The van der Waals surface area contributed by atoms with Gasteiger partial charge in [-0.3, -0.25) is 4.99 Å². The van der Waals surface area contributed by atoms with E-state index in [0.717, 1.165) is 28.6 Å². The van der Waals surface area contributed by atoms with Crippen molar-refractivity contribution in [1.82, 2.24) is 10.3 Å². The zero-order chi connectivity index (χ0) is 19.2. The molecule has 2 aromatic carbocycles. The molecular weight excluding hydrogens is 347 g/mol. The fourth-order valence-electron chi connectivity index (χ4n) is 2.90. The predicted molar refractivity (Wildman–Crippen MR) is 106 cm³/mol. The van der Waals surface area contributed by atoms with Gasteiger partial charge in [0.2, 0.25) is 0 Å². The molecule has 0 bridgehead atoms. The minimum absolute atomic E-state index is 0.234. The number of anilines is 1. The topological polar surface area (TPSA) is 70.7 Å². The Kier molecular flexibility index (Phi) is 5.80. The number of ether oxygens (including phenoxy) is 2. The molecule has 0 radical (unpaired) electrons. The summed E-state index contributed by atoms with van der Waals surface area (Å²) in [6.07, 6.45) is 2.65. The molecule has 3 N–H and O–H groups in total. The van der Waals surface area contributed by atoms with Gasteiger partial charge in [-0.25, -0.2) is 4.39 Å². The number of nitrogens with one attached hydrogen (secondary N) is 3. The molecule has 6 nitrogen and oxygen atoms in total. The molecule has 0 amide bonds. The molecule has 3 aromatic rings. The number of aromatic nitrogens is 1. The molecule has 0 spiro atoms. The first-order chi connectivity index (χ1) is 13.1. The van der Waals surface area contributed by atoms with Crippen molar-refractivity contribution in [2.75, 3.05) is 33.1 Å². The van der Waals surface area contributed by atoms with Gasteiger partial charge in [-0.1, -0.05) is 0 Å². The lowest BCUT2D eigenvalue weighted by Gasteiger charge is -2.14. The number of aromatic amines is 1. The number of rotatable bonds is 6. The molecule has 0 fully saturated rings. The second-order valence-electron chi connectivity index (χ2n) is 5.95. The highest BCUT2D eigenvalue weighted by molar-refractivity contribution is 5.94. The van der Waals surface area contributed by atoms with Gasteiger partial charge >= 0.3 is 0 Å². The largest absolute Gasteiger partial charge is 0.493 e. The van der Waals surface area contributed by atoms with E-state index >= 15 is 0 Å². The molecule has 0 aliphatic rings. The summed E-state index contributed by atoms with van der Waals surface area (Å²) in [5.41, 5.74) is 2.81. The van der Waals surface area contributed by atoms with Crippen molar-refractivity contribution in [3.8, 4) is 11.5 Å². The Bertz CT molecular complexity index is 952.